The second-order valence-electron chi connectivity index (χ2n) is 11.6. The van der Waals surface area contributed by atoms with Crippen molar-refractivity contribution in [3.63, 3.8) is 0 Å². The van der Waals surface area contributed by atoms with Gasteiger partial charge in [0.2, 0.25) is 0 Å². The molecule has 0 aromatic rings. The molecule has 0 radical (unpaired) electrons. The maximum absolute atomic E-state index is 13.0. The summed E-state index contributed by atoms with van der Waals surface area (Å²) in [6, 6.07) is 0. The van der Waals surface area contributed by atoms with Gasteiger partial charge in [-0.25, -0.2) is 0 Å². The van der Waals surface area contributed by atoms with Gasteiger partial charge in [-0.1, -0.05) is 46.8 Å². The summed E-state index contributed by atoms with van der Waals surface area (Å²) in [4.78, 5) is 0. The van der Waals surface area contributed by atoms with Crippen LogP contribution in [0.15, 0.2) is 11.6 Å². The summed E-state index contributed by atoms with van der Waals surface area (Å²) in [6.07, 6.45) is 7.35. The van der Waals surface area contributed by atoms with Gasteiger partial charge in [0.05, 0.1) is 6.10 Å². The Morgan fingerprint density at radius 2 is 1.63 bits per heavy atom. The molecule has 3 fully saturated rings. The lowest BCUT2D eigenvalue weighted by Gasteiger charge is -2.58. The number of alkyl halides is 3. The topological polar surface area (TPSA) is 60.7 Å². The second-order valence-corrected chi connectivity index (χ2v) is 11.6. The molecule has 6 heteroatoms. The summed E-state index contributed by atoms with van der Waals surface area (Å²) in [5.74, 6) is 2.49. The number of hydrogen-bond acceptors (Lipinski definition) is 3. The van der Waals surface area contributed by atoms with Crippen LogP contribution in [0.2, 0.25) is 0 Å². The number of hydrogen-bond donors (Lipinski definition) is 3. The molecular weight excluding hydrogens is 453 g/mol. The van der Waals surface area contributed by atoms with Crippen molar-refractivity contribution in [3.8, 4) is 0 Å². The second kappa shape index (κ2) is 12.3. The van der Waals surface area contributed by atoms with Crippen LogP contribution < -0.4 is 0 Å². The molecular formula is C29H53F3O3. The van der Waals surface area contributed by atoms with Crippen molar-refractivity contribution in [1.29, 1.82) is 0 Å². The predicted octanol–water partition coefficient (Wildman–Crippen LogP) is 7.68. The molecule has 0 bridgehead atoms. The lowest BCUT2D eigenvalue weighted by Crippen LogP contribution is -2.50. The van der Waals surface area contributed by atoms with Crippen LogP contribution in [0.25, 0.3) is 0 Å². The van der Waals surface area contributed by atoms with Crippen LogP contribution in [0.5, 0.6) is 0 Å². The first-order valence-corrected chi connectivity index (χ1v) is 13.5. The fourth-order valence-electron chi connectivity index (χ4n) is 8.06. The SMILES string of the molecule is C.CC.CC12CCC(O)CC1=CCC1C2CCC2(C)C(CCC[C@@](C)(O)C(F)(F)F)CCC12.CO. The number of fused-ring (bicyclic) bond motifs is 5. The number of halogens is 3. The van der Waals surface area contributed by atoms with E-state index in [0.717, 1.165) is 52.6 Å². The van der Waals surface area contributed by atoms with E-state index < -0.39 is 11.8 Å². The highest BCUT2D eigenvalue weighted by Gasteiger charge is 2.58. The third kappa shape index (κ3) is 6.12. The van der Waals surface area contributed by atoms with E-state index in [4.69, 9.17) is 5.11 Å². The Morgan fingerprint density at radius 1 is 1.00 bits per heavy atom. The molecule has 3 nitrogen and oxygen atoms in total. The largest absolute Gasteiger partial charge is 0.416 e. The molecule has 4 aliphatic rings. The van der Waals surface area contributed by atoms with Crippen LogP contribution in [-0.2, 0) is 0 Å². The normalized spacial score (nSPS) is 39.5. The quantitative estimate of drug-likeness (QED) is 0.343. The molecule has 0 heterocycles. The standard InChI is InChI=1S/C25H39F3O2.C2H6.CH4O.CH4/c1-22-14-11-21-19(8-6-17-15-18(29)10-13-23(17,21)2)20(22)9-7-16(22)5-4-12-24(3,30)25(26,27)28;2*1-2;/h6,16,18-21,29-30H,4-5,7-15H2,1-3H3;1-2H3;2H,1H3;1H4/t16?,18?,19?,20?,21?,22?,23?,24-;;;/m1.../s1. The van der Waals surface area contributed by atoms with Crippen molar-refractivity contribution in [2.75, 3.05) is 7.11 Å². The minimum atomic E-state index is -4.55. The van der Waals surface area contributed by atoms with E-state index in [-0.39, 0.29) is 30.8 Å². The van der Waals surface area contributed by atoms with E-state index in [0.29, 0.717) is 30.1 Å². The number of aliphatic hydroxyl groups excluding tert-OH is 2. The minimum Gasteiger partial charge on any atom is -0.400 e. The third-order valence-corrected chi connectivity index (χ3v) is 10.1. The van der Waals surface area contributed by atoms with Gasteiger partial charge in [-0.3, -0.25) is 0 Å². The number of allylic oxidation sites excluding steroid dienone is 1. The van der Waals surface area contributed by atoms with Crippen molar-refractivity contribution in [3.05, 3.63) is 11.6 Å². The molecule has 4 aliphatic carbocycles. The minimum absolute atomic E-state index is 0. The maximum Gasteiger partial charge on any atom is 0.416 e. The van der Waals surface area contributed by atoms with Crippen LogP contribution in [0.3, 0.4) is 0 Å². The van der Waals surface area contributed by atoms with Crippen LogP contribution in [0.4, 0.5) is 13.2 Å². The average molecular weight is 507 g/mol. The summed E-state index contributed by atoms with van der Waals surface area (Å²) >= 11 is 0. The van der Waals surface area contributed by atoms with Crippen molar-refractivity contribution in [2.24, 2.45) is 34.5 Å². The summed E-state index contributed by atoms with van der Waals surface area (Å²) in [7, 11) is 1.00. The van der Waals surface area contributed by atoms with E-state index >= 15 is 0 Å². The average Bonchev–Trinajstić information content (AvgIpc) is 3.12. The summed E-state index contributed by atoms with van der Waals surface area (Å²) in [5, 5.41) is 26.9. The molecule has 0 spiro atoms. The third-order valence-electron chi connectivity index (χ3n) is 10.1. The highest BCUT2D eigenvalue weighted by molar-refractivity contribution is 5.25. The fourth-order valence-corrected chi connectivity index (χ4v) is 8.06. The van der Waals surface area contributed by atoms with Gasteiger partial charge in [-0.05, 0) is 112 Å². The van der Waals surface area contributed by atoms with Crippen LogP contribution in [0, 0.1) is 34.5 Å². The predicted molar refractivity (Wildman–Crippen MR) is 138 cm³/mol. The first-order chi connectivity index (χ1) is 15.9. The van der Waals surface area contributed by atoms with Gasteiger partial charge < -0.3 is 15.3 Å². The molecule has 35 heavy (non-hydrogen) atoms. The van der Waals surface area contributed by atoms with E-state index in [1.165, 1.54) is 24.8 Å². The highest BCUT2D eigenvalue weighted by Crippen LogP contribution is 2.66. The van der Waals surface area contributed by atoms with Gasteiger partial charge in [0.15, 0.2) is 5.60 Å². The zero-order valence-electron chi connectivity index (χ0n) is 22.2. The fraction of sp³-hybridized carbons (Fsp3) is 0.931. The van der Waals surface area contributed by atoms with Gasteiger partial charge in [0.1, 0.15) is 0 Å². The van der Waals surface area contributed by atoms with Gasteiger partial charge in [-0.15, -0.1) is 0 Å². The number of aliphatic hydroxyl groups is 3. The van der Waals surface area contributed by atoms with Gasteiger partial charge in [0.25, 0.3) is 0 Å². The summed E-state index contributed by atoms with van der Waals surface area (Å²) < 4.78 is 39.0. The van der Waals surface area contributed by atoms with Crippen LogP contribution in [0.1, 0.15) is 113 Å². The van der Waals surface area contributed by atoms with Crippen LogP contribution in [-0.4, -0.2) is 40.3 Å². The van der Waals surface area contributed by atoms with Crippen molar-refractivity contribution < 1.29 is 28.5 Å². The van der Waals surface area contributed by atoms with E-state index in [2.05, 4.69) is 19.9 Å². The summed E-state index contributed by atoms with van der Waals surface area (Å²) in [6.45, 7) is 9.74. The zero-order valence-corrected chi connectivity index (χ0v) is 22.2. The number of rotatable bonds is 4. The summed E-state index contributed by atoms with van der Waals surface area (Å²) in [5.41, 5.74) is -0.641. The lowest BCUT2D eigenvalue weighted by molar-refractivity contribution is -0.255. The maximum atomic E-state index is 13.0. The van der Waals surface area contributed by atoms with Crippen molar-refractivity contribution >= 4 is 0 Å². The molecule has 0 amide bonds. The Kier molecular flexibility index (Phi) is 11.4. The van der Waals surface area contributed by atoms with Crippen molar-refractivity contribution in [2.45, 2.75) is 131 Å². The van der Waals surface area contributed by atoms with E-state index in [1.807, 2.05) is 13.8 Å². The molecule has 4 rings (SSSR count). The lowest BCUT2D eigenvalue weighted by atomic mass is 9.47. The molecule has 3 N–H and O–H groups in total. The Balaban J connectivity index is 0.00000117. The molecule has 208 valence electrons. The Morgan fingerprint density at radius 3 is 2.23 bits per heavy atom. The van der Waals surface area contributed by atoms with E-state index in [1.54, 1.807) is 0 Å². The molecule has 0 saturated heterocycles. The Bertz CT molecular complexity index is 689. The molecule has 7 unspecified atom stereocenters. The highest BCUT2D eigenvalue weighted by atomic mass is 19.4. The zero-order chi connectivity index (χ0) is 25.9. The molecule has 0 aromatic carbocycles. The smallest absolute Gasteiger partial charge is 0.400 e. The molecule has 8 atom stereocenters. The first-order valence-electron chi connectivity index (χ1n) is 13.5. The Hall–Kier alpha value is -0.590. The monoisotopic (exact) mass is 506 g/mol. The van der Waals surface area contributed by atoms with Gasteiger partial charge >= 0.3 is 6.18 Å². The molecule has 0 aromatic heterocycles. The van der Waals surface area contributed by atoms with E-state index in [9.17, 15) is 23.4 Å². The van der Waals surface area contributed by atoms with Gasteiger partial charge in [0, 0.05) is 7.11 Å². The molecule has 3 saturated carbocycles. The molecule has 0 aliphatic heterocycles. The van der Waals surface area contributed by atoms with Crippen molar-refractivity contribution in [1.82, 2.24) is 0 Å². The Labute approximate surface area is 212 Å². The van der Waals surface area contributed by atoms with Gasteiger partial charge in [-0.2, -0.15) is 13.2 Å². The first kappa shape index (κ1) is 32.4. The van der Waals surface area contributed by atoms with Crippen LogP contribution >= 0.6 is 0 Å².